The summed E-state index contributed by atoms with van der Waals surface area (Å²) in [5, 5.41) is 13.7. The number of benzene rings is 2. The molecule has 0 saturated heterocycles. The van der Waals surface area contributed by atoms with Crippen LogP contribution < -0.4 is 11.1 Å². The first-order valence-electron chi connectivity index (χ1n) is 10.1. The van der Waals surface area contributed by atoms with Gasteiger partial charge in [0.1, 0.15) is 0 Å². The average molecular weight is 435 g/mol. The van der Waals surface area contributed by atoms with Gasteiger partial charge < -0.3 is 14.3 Å². The lowest BCUT2D eigenvalue weighted by Crippen LogP contribution is -2.23. The van der Waals surface area contributed by atoms with Gasteiger partial charge in [-0.1, -0.05) is 24.3 Å². The number of imidazole rings is 1. The third-order valence-electron chi connectivity index (χ3n) is 5.09. The van der Waals surface area contributed by atoms with Crippen molar-refractivity contribution in [2.75, 3.05) is 0 Å². The Balaban J connectivity index is 1.26. The fraction of sp³-hybridized carbons (Fsp3) is 0.227. The molecule has 0 atom stereocenters. The number of nitro groups is 1. The van der Waals surface area contributed by atoms with Crippen molar-refractivity contribution < 1.29 is 14.1 Å². The van der Waals surface area contributed by atoms with E-state index < -0.39 is 10.7 Å². The fourth-order valence-electron chi connectivity index (χ4n) is 3.42. The Kier molecular flexibility index (Phi) is 6.11. The monoisotopic (exact) mass is 435 g/mol. The van der Waals surface area contributed by atoms with Crippen molar-refractivity contribution in [2.24, 2.45) is 0 Å². The number of fused-ring (bicyclic) bond motifs is 1. The Hall–Kier alpha value is -4.21. The molecule has 2 aromatic heterocycles. The van der Waals surface area contributed by atoms with E-state index in [2.05, 4.69) is 10.3 Å². The van der Waals surface area contributed by atoms with Crippen molar-refractivity contribution in [3.05, 3.63) is 93.0 Å². The summed E-state index contributed by atoms with van der Waals surface area (Å²) in [4.78, 5) is 38.6. The lowest BCUT2D eigenvalue weighted by atomic mass is 10.1. The highest BCUT2D eigenvalue weighted by Gasteiger charge is 2.14. The van der Waals surface area contributed by atoms with Gasteiger partial charge >= 0.3 is 5.76 Å². The standard InChI is InChI=1S/C22H21N5O5/c28-21(24-13-16-3-5-17(6-4-16)14-25-11-9-23-15-25)2-1-10-26-19-8-7-18(27(30)31)12-20(19)32-22(26)29/h3-9,11-12,15H,1-2,10,13-14H2,(H,24,28). The molecule has 0 aliphatic heterocycles. The smallest absolute Gasteiger partial charge is 0.407 e. The largest absolute Gasteiger partial charge is 0.419 e. The topological polar surface area (TPSA) is 125 Å². The number of hydrogen-bond acceptors (Lipinski definition) is 6. The van der Waals surface area contributed by atoms with E-state index in [1.54, 1.807) is 12.5 Å². The van der Waals surface area contributed by atoms with Crippen LogP contribution in [0.4, 0.5) is 5.69 Å². The second-order valence-corrected chi connectivity index (χ2v) is 7.36. The van der Waals surface area contributed by atoms with Crippen LogP contribution in [0.15, 0.2) is 70.4 Å². The quantitative estimate of drug-likeness (QED) is 0.318. The second-order valence-electron chi connectivity index (χ2n) is 7.36. The Morgan fingerprint density at radius 3 is 2.66 bits per heavy atom. The molecule has 164 valence electrons. The number of carbonyl (C=O) groups is 1. The van der Waals surface area contributed by atoms with Crippen LogP contribution in [0.2, 0.25) is 0 Å². The predicted octanol–water partition coefficient (Wildman–Crippen LogP) is 2.84. The fourth-order valence-corrected chi connectivity index (χ4v) is 3.42. The van der Waals surface area contributed by atoms with Crippen LogP contribution in [0, 0.1) is 10.1 Å². The van der Waals surface area contributed by atoms with Crippen LogP contribution in [-0.2, 0) is 24.4 Å². The van der Waals surface area contributed by atoms with Crippen LogP contribution in [0.1, 0.15) is 24.0 Å². The maximum atomic E-state index is 12.2. The van der Waals surface area contributed by atoms with Gasteiger partial charge in [-0.3, -0.25) is 19.5 Å². The summed E-state index contributed by atoms with van der Waals surface area (Å²) in [5.74, 6) is -0.722. The first kappa shape index (κ1) is 21.0. The Bertz CT molecular complexity index is 1290. The second kappa shape index (κ2) is 9.29. The number of nitrogens with zero attached hydrogens (tertiary/aromatic N) is 4. The van der Waals surface area contributed by atoms with Crippen molar-refractivity contribution in [3.63, 3.8) is 0 Å². The molecule has 4 rings (SSSR count). The van der Waals surface area contributed by atoms with Gasteiger partial charge in [0, 0.05) is 44.5 Å². The molecule has 0 radical (unpaired) electrons. The molecular weight excluding hydrogens is 414 g/mol. The van der Waals surface area contributed by atoms with Gasteiger partial charge in [0.2, 0.25) is 5.91 Å². The van der Waals surface area contributed by atoms with Crippen LogP contribution in [0.5, 0.6) is 0 Å². The van der Waals surface area contributed by atoms with E-state index >= 15 is 0 Å². The molecule has 0 saturated carbocycles. The minimum Gasteiger partial charge on any atom is -0.407 e. The first-order chi connectivity index (χ1) is 15.5. The molecule has 1 N–H and O–H groups in total. The van der Waals surface area contributed by atoms with E-state index in [0.717, 1.165) is 17.7 Å². The average Bonchev–Trinajstić information content (AvgIpc) is 3.40. The van der Waals surface area contributed by atoms with Crippen LogP contribution in [-0.4, -0.2) is 24.9 Å². The molecule has 32 heavy (non-hydrogen) atoms. The number of amides is 1. The number of non-ortho nitro benzene ring substituents is 1. The summed E-state index contributed by atoms with van der Waals surface area (Å²) >= 11 is 0. The summed E-state index contributed by atoms with van der Waals surface area (Å²) in [6, 6.07) is 12.0. The zero-order valence-electron chi connectivity index (χ0n) is 17.1. The number of aromatic nitrogens is 3. The van der Waals surface area contributed by atoms with Crippen LogP contribution in [0.3, 0.4) is 0 Å². The molecule has 0 aliphatic carbocycles. The molecule has 0 spiro atoms. The van der Waals surface area contributed by atoms with Gasteiger partial charge in [-0.05, 0) is 23.6 Å². The van der Waals surface area contributed by atoms with Crippen LogP contribution in [0.25, 0.3) is 11.1 Å². The minimum absolute atomic E-state index is 0.121. The number of hydrogen-bond donors (Lipinski definition) is 1. The highest BCUT2D eigenvalue weighted by molar-refractivity contribution is 5.76. The zero-order chi connectivity index (χ0) is 22.5. The first-order valence-corrected chi connectivity index (χ1v) is 10.1. The van der Waals surface area contributed by atoms with Gasteiger partial charge in [-0.25, -0.2) is 9.78 Å². The molecular formula is C22H21N5O5. The number of carbonyl (C=O) groups excluding carboxylic acids is 1. The van der Waals surface area contributed by atoms with Gasteiger partial charge in [0.15, 0.2) is 5.58 Å². The van der Waals surface area contributed by atoms with Crippen molar-refractivity contribution in [3.8, 4) is 0 Å². The Morgan fingerprint density at radius 2 is 1.94 bits per heavy atom. The minimum atomic E-state index is -0.600. The summed E-state index contributed by atoms with van der Waals surface area (Å²) in [7, 11) is 0. The number of oxazole rings is 1. The summed E-state index contributed by atoms with van der Waals surface area (Å²) in [6.07, 6.45) is 6.07. The third-order valence-corrected chi connectivity index (χ3v) is 5.09. The van der Waals surface area contributed by atoms with E-state index in [-0.39, 0.29) is 30.1 Å². The molecule has 0 fully saturated rings. The van der Waals surface area contributed by atoms with Crippen LogP contribution >= 0.6 is 0 Å². The van der Waals surface area contributed by atoms with Crippen molar-refractivity contribution in [1.82, 2.24) is 19.4 Å². The molecule has 1 amide bonds. The molecule has 0 bridgehead atoms. The van der Waals surface area contributed by atoms with Crippen molar-refractivity contribution in [2.45, 2.75) is 32.5 Å². The number of nitrogens with one attached hydrogen (secondary N) is 1. The Morgan fingerprint density at radius 1 is 1.16 bits per heavy atom. The highest BCUT2D eigenvalue weighted by Crippen LogP contribution is 2.20. The number of aryl methyl sites for hydroxylation is 1. The zero-order valence-corrected chi connectivity index (χ0v) is 17.1. The summed E-state index contributed by atoms with van der Waals surface area (Å²) in [5.41, 5.74) is 2.61. The van der Waals surface area contributed by atoms with Gasteiger partial charge in [0.25, 0.3) is 5.69 Å². The van der Waals surface area contributed by atoms with E-state index in [1.165, 1.54) is 22.8 Å². The van der Waals surface area contributed by atoms with Crippen molar-refractivity contribution in [1.29, 1.82) is 0 Å². The maximum Gasteiger partial charge on any atom is 0.419 e. The predicted molar refractivity (Wildman–Crippen MR) is 116 cm³/mol. The molecule has 10 nitrogen and oxygen atoms in total. The van der Waals surface area contributed by atoms with E-state index in [9.17, 15) is 19.7 Å². The van der Waals surface area contributed by atoms with E-state index in [0.29, 0.717) is 18.5 Å². The van der Waals surface area contributed by atoms with Gasteiger partial charge in [-0.15, -0.1) is 0 Å². The molecule has 2 aromatic carbocycles. The third kappa shape index (κ3) is 4.91. The molecule has 0 unspecified atom stereocenters. The summed E-state index contributed by atoms with van der Waals surface area (Å²) in [6.45, 7) is 1.44. The van der Waals surface area contributed by atoms with Crippen molar-refractivity contribution >= 4 is 22.7 Å². The lowest BCUT2D eigenvalue weighted by molar-refractivity contribution is -0.384. The van der Waals surface area contributed by atoms with E-state index in [1.807, 2.05) is 35.0 Å². The summed E-state index contributed by atoms with van der Waals surface area (Å²) < 4.78 is 8.45. The SMILES string of the molecule is O=C(CCCn1c(=O)oc2cc([N+](=O)[O-])ccc21)NCc1ccc(Cn2ccnc2)cc1. The molecule has 0 aliphatic rings. The molecule has 10 heteroatoms. The molecule has 4 aromatic rings. The highest BCUT2D eigenvalue weighted by atomic mass is 16.6. The number of rotatable bonds is 9. The van der Waals surface area contributed by atoms with Gasteiger partial charge in [0.05, 0.1) is 22.8 Å². The lowest BCUT2D eigenvalue weighted by Gasteiger charge is -2.07. The maximum absolute atomic E-state index is 12.2. The normalized spacial score (nSPS) is 11.0. The Labute approximate surface area is 182 Å². The van der Waals surface area contributed by atoms with Gasteiger partial charge in [-0.2, -0.15) is 0 Å². The molecule has 2 heterocycles. The van der Waals surface area contributed by atoms with E-state index in [4.69, 9.17) is 4.42 Å². The number of nitro benzene ring substituents is 1.